The summed E-state index contributed by atoms with van der Waals surface area (Å²) in [7, 11) is 0. The Labute approximate surface area is 101 Å². The van der Waals surface area contributed by atoms with Crippen LogP contribution >= 0.6 is 0 Å². The molecular weight excluding hydrogens is 214 g/mol. The predicted molar refractivity (Wildman–Crippen MR) is 66.2 cm³/mol. The maximum absolute atomic E-state index is 11.5. The van der Waals surface area contributed by atoms with Gasteiger partial charge in [0.25, 0.3) is 0 Å². The molecule has 2 aliphatic heterocycles. The van der Waals surface area contributed by atoms with Crippen molar-refractivity contribution in [3.63, 3.8) is 0 Å². The number of fused-ring (bicyclic) bond motifs is 1. The number of carbonyl (C=O) groups is 1. The van der Waals surface area contributed by atoms with E-state index in [0.29, 0.717) is 12.3 Å². The lowest BCUT2D eigenvalue weighted by atomic mass is 9.90. The molecule has 3 heteroatoms. The Kier molecular flexibility index (Phi) is 2.85. The fraction of sp³-hybridized carbons (Fsp3) is 0.500. The summed E-state index contributed by atoms with van der Waals surface area (Å²) in [6.45, 7) is 1.67. The Hall–Kier alpha value is -1.35. The van der Waals surface area contributed by atoms with Crippen LogP contribution < -0.4 is 5.32 Å². The van der Waals surface area contributed by atoms with Gasteiger partial charge in [0.15, 0.2) is 0 Å². The van der Waals surface area contributed by atoms with Crippen LogP contribution in [0.15, 0.2) is 18.2 Å². The Bertz CT molecular complexity index is 434. The summed E-state index contributed by atoms with van der Waals surface area (Å²) in [6.07, 6.45) is 4.07. The van der Waals surface area contributed by atoms with Crippen molar-refractivity contribution >= 4 is 11.6 Å². The van der Waals surface area contributed by atoms with Gasteiger partial charge in [0.2, 0.25) is 5.91 Å². The van der Waals surface area contributed by atoms with E-state index in [4.69, 9.17) is 4.74 Å². The molecule has 2 heterocycles. The van der Waals surface area contributed by atoms with Gasteiger partial charge in [-0.2, -0.15) is 0 Å². The first-order valence-electron chi connectivity index (χ1n) is 6.34. The minimum Gasteiger partial charge on any atom is -0.381 e. The average Bonchev–Trinajstić information content (AvgIpc) is 2.55. The van der Waals surface area contributed by atoms with Crippen LogP contribution in [0.5, 0.6) is 0 Å². The molecule has 1 amide bonds. The first-order valence-corrected chi connectivity index (χ1v) is 6.34. The molecule has 0 saturated carbocycles. The highest BCUT2D eigenvalue weighted by molar-refractivity contribution is 5.99. The molecule has 0 radical (unpaired) electrons. The molecule has 17 heavy (non-hydrogen) atoms. The number of amides is 1. The van der Waals surface area contributed by atoms with E-state index >= 15 is 0 Å². The minimum atomic E-state index is 0.113. The number of benzene rings is 1. The molecule has 90 valence electrons. The molecule has 1 aromatic carbocycles. The van der Waals surface area contributed by atoms with E-state index in [-0.39, 0.29) is 5.91 Å². The van der Waals surface area contributed by atoms with Crippen molar-refractivity contribution in [3.05, 3.63) is 29.3 Å². The van der Waals surface area contributed by atoms with E-state index in [0.717, 1.165) is 25.3 Å². The Morgan fingerprint density at radius 3 is 3.18 bits per heavy atom. The minimum absolute atomic E-state index is 0.113. The second-order valence-corrected chi connectivity index (χ2v) is 4.87. The smallest absolute Gasteiger partial charge is 0.228 e. The number of carbonyl (C=O) groups excluding carboxylic acids is 1. The second kappa shape index (κ2) is 4.49. The molecule has 1 saturated heterocycles. The van der Waals surface area contributed by atoms with Gasteiger partial charge in [0.1, 0.15) is 0 Å². The third-order valence-corrected chi connectivity index (χ3v) is 3.67. The number of anilines is 1. The lowest BCUT2D eigenvalue weighted by molar-refractivity contribution is -0.115. The molecular formula is C14H17NO2. The van der Waals surface area contributed by atoms with Gasteiger partial charge in [0, 0.05) is 18.2 Å². The molecule has 0 bridgehead atoms. The number of ether oxygens (including phenoxy) is 1. The van der Waals surface area contributed by atoms with Crippen LogP contribution in [0.4, 0.5) is 5.69 Å². The molecule has 1 N–H and O–H groups in total. The second-order valence-electron chi connectivity index (χ2n) is 4.87. The van der Waals surface area contributed by atoms with Gasteiger partial charge in [-0.1, -0.05) is 18.6 Å². The molecule has 0 aliphatic carbocycles. The SMILES string of the molecule is O=C1Cc2c(cccc2C2CCCCOC2)N1. The summed E-state index contributed by atoms with van der Waals surface area (Å²) < 4.78 is 5.64. The van der Waals surface area contributed by atoms with E-state index in [1.807, 2.05) is 12.1 Å². The first-order chi connectivity index (χ1) is 8.34. The van der Waals surface area contributed by atoms with Crippen LogP contribution in [0.2, 0.25) is 0 Å². The van der Waals surface area contributed by atoms with E-state index in [1.54, 1.807) is 0 Å². The van der Waals surface area contributed by atoms with Gasteiger partial charge in [-0.3, -0.25) is 4.79 Å². The number of hydrogen-bond acceptors (Lipinski definition) is 2. The highest BCUT2D eigenvalue weighted by Crippen LogP contribution is 2.34. The summed E-state index contributed by atoms with van der Waals surface area (Å²) in [5.41, 5.74) is 3.49. The Balaban J connectivity index is 1.92. The van der Waals surface area contributed by atoms with Crippen LogP contribution in [0.25, 0.3) is 0 Å². The zero-order valence-electron chi connectivity index (χ0n) is 9.87. The molecule has 0 aromatic heterocycles. The van der Waals surface area contributed by atoms with Crippen LogP contribution in [0, 0.1) is 0 Å². The van der Waals surface area contributed by atoms with Crippen molar-refractivity contribution in [2.75, 3.05) is 18.5 Å². The quantitative estimate of drug-likeness (QED) is 0.806. The largest absolute Gasteiger partial charge is 0.381 e. The number of rotatable bonds is 1. The van der Waals surface area contributed by atoms with Gasteiger partial charge in [-0.25, -0.2) is 0 Å². The van der Waals surface area contributed by atoms with Crippen molar-refractivity contribution in [3.8, 4) is 0 Å². The lowest BCUT2D eigenvalue weighted by Gasteiger charge is -2.17. The van der Waals surface area contributed by atoms with Gasteiger partial charge >= 0.3 is 0 Å². The maximum Gasteiger partial charge on any atom is 0.228 e. The summed E-state index contributed by atoms with van der Waals surface area (Å²) in [5, 5.41) is 2.91. The van der Waals surface area contributed by atoms with Gasteiger partial charge in [0.05, 0.1) is 13.0 Å². The topological polar surface area (TPSA) is 38.3 Å². The van der Waals surface area contributed by atoms with Crippen molar-refractivity contribution in [1.29, 1.82) is 0 Å². The van der Waals surface area contributed by atoms with Crippen molar-refractivity contribution in [1.82, 2.24) is 0 Å². The summed E-state index contributed by atoms with van der Waals surface area (Å²) >= 11 is 0. The van der Waals surface area contributed by atoms with Crippen molar-refractivity contribution in [2.24, 2.45) is 0 Å². The van der Waals surface area contributed by atoms with Gasteiger partial charge < -0.3 is 10.1 Å². The van der Waals surface area contributed by atoms with E-state index < -0.39 is 0 Å². The molecule has 3 rings (SSSR count). The number of nitrogens with one attached hydrogen (secondary N) is 1. The number of hydrogen-bond donors (Lipinski definition) is 1. The van der Waals surface area contributed by atoms with E-state index in [2.05, 4.69) is 11.4 Å². The van der Waals surface area contributed by atoms with Crippen LogP contribution in [0.1, 0.15) is 36.3 Å². The zero-order valence-corrected chi connectivity index (χ0v) is 9.87. The average molecular weight is 231 g/mol. The maximum atomic E-state index is 11.5. The molecule has 1 unspecified atom stereocenters. The zero-order chi connectivity index (χ0) is 11.7. The normalized spacial score (nSPS) is 24.0. The van der Waals surface area contributed by atoms with Crippen LogP contribution in [-0.4, -0.2) is 19.1 Å². The lowest BCUT2D eigenvalue weighted by Crippen LogP contribution is -2.08. The van der Waals surface area contributed by atoms with Crippen LogP contribution in [0.3, 0.4) is 0 Å². The van der Waals surface area contributed by atoms with Crippen molar-refractivity contribution < 1.29 is 9.53 Å². The van der Waals surface area contributed by atoms with Crippen LogP contribution in [-0.2, 0) is 16.0 Å². The predicted octanol–water partition coefficient (Wildman–Crippen LogP) is 2.47. The molecule has 1 atom stereocenters. The third-order valence-electron chi connectivity index (χ3n) is 3.67. The van der Waals surface area contributed by atoms with Gasteiger partial charge in [-0.05, 0) is 30.0 Å². The summed E-state index contributed by atoms with van der Waals surface area (Å²) in [6, 6.07) is 6.17. The van der Waals surface area contributed by atoms with Crippen molar-refractivity contribution in [2.45, 2.75) is 31.6 Å². The molecule has 1 fully saturated rings. The summed E-state index contributed by atoms with van der Waals surface area (Å²) in [4.78, 5) is 11.5. The van der Waals surface area contributed by atoms with E-state index in [1.165, 1.54) is 24.0 Å². The van der Waals surface area contributed by atoms with E-state index in [9.17, 15) is 4.79 Å². The van der Waals surface area contributed by atoms with Gasteiger partial charge in [-0.15, -0.1) is 0 Å². The molecule has 3 nitrogen and oxygen atoms in total. The summed E-state index contributed by atoms with van der Waals surface area (Å²) in [5.74, 6) is 0.571. The highest BCUT2D eigenvalue weighted by atomic mass is 16.5. The fourth-order valence-electron chi connectivity index (χ4n) is 2.81. The monoisotopic (exact) mass is 231 g/mol. The Morgan fingerprint density at radius 2 is 2.24 bits per heavy atom. The third kappa shape index (κ3) is 2.07. The first kappa shape index (κ1) is 10.8. The Morgan fingerprint density at radius 1 is 1.29 bits per heavy atom. The molecule has 0 spiro atoms. The molecule has 1 aromatic rings. The fourth-order valence-corrected chi connectivity index (χ4v) is 2.81. The molecule has 2 aliphatic rings. The standard InChI is InChI=1S/C14H17NO2/c16-14-8-12-11(5-3-6-13(12)15-14)10-4-1-2-7-17-9-10/h3,5-6,10H,1-2,4,7-9H2,(H,15,16). The highest BCUT2D eigenvalue weighted by Gasteiger charge is 2.25.